The summed E-state index contributed by atoms with van der Waals surface area (Å²) in [6.45, 7) is -0.0803. The predicted octanol–water partition coefficient (Wildman–Crippen LogP) is 6.30. The van der Waals surface area contributed by atoms with E-state index >= 15 is 0 Å². The van der Waals surface area contributed by atoms with Crippen molar-refractivity contribution < 1.29 is 14.3 Å². The Bertz CT molecular complexity index is 1230. The number of nitrogens with one attached hydrogen (secondary N) is 1. The van der Waals surface area contributed by atoms with Crippen LogP contribution < -0.4 is 14.8 Å². The number of ether oxygens (including phenoxy) is 2. The summed E-state index contributed by atoms with van der Waals surface area (Å²) in [4.78, 5) is 19.2. The van der Waals surface area contributed by atoms with Crippen molar-refractivity contribution in [3.05, 3.63) is 68.5 Å². The minimum Gasteiger partial charge on any atom is -0.493 e. The number of amides is 1. The third-order valence-corrected chi connectivity index (χ3v) is 7.06. The Morgan fingerprint density at radius 1 is 1.27 bits per heavy atom. The van der Waals surface area contributed by atoms with Crippen LogP contribution in [0, 0.1) is 11.3 Å². The molecule has 4 rings (SSSR count). The number of nitrogens with zero attached hydrogens (tertiary/aromatic N) is 2. The molecule has 2 aromatic carbocycles. The molecule has 0 radical (unpaired) electrons. The van der Waals surface area contributed by atoms with Gasteiger partial charge >= 0.3 is 0 Å². The van der Waals surface area contributed by atoms with Gasteiger partial charge in [0.1, 0.15) is 11.1 Å². The maximum absolute atomic E-state index is 13.2. The Balaban J connectivity index is 1.67. The van der Waals surface area contributed by atoms with Gasteiger partial charge in [0.05, 0.1) is 17.1 Å². The number of para-hydroxylation sites is 1. The Morgan fingerprint density at radius 2 is 2.06 bits per heavy atom. The number of benzene rings is 2. The van der Waals surface area contributed by atoms with Gasteiger partial charge in [-0.15, -0.1) is 11.3 Å². The molecular weight excluding hydrogens is 502 g/mol. The smallest absolute Gasteiger partial charge is 0.259 e. The van der Waals surface area contributed by atoms with E-state index in [0.717, 1.165) is 42.5 Å². The Labute approximate surface area is 205 Å². The van der Waals surface area contributed by atoms with E-state index in [4.69, 9.17) is 19.7 Å². The summed E-state index contributed by atoms with van der Waals surface area (Å²) < 4.78 is 11.5. The molecule has 1 aliphatic rings. The molecule has 0 bridgehead atoms. The molecule has 8 heteroatoms. The number of rotatable bonds is 7. The number of aliphatic imine (C=N–C) groups is 1. The number of carbonyl (C=O) groups is 1. The molecule has 1 aromatic heterocycles. The summed E-state index contributed by atoms with van der Waals surface area (Å²) in [6, 6.07) is 15.0. The Hall–Kier alpha value is -3.15. The van der Waals surface area contributed by atoms with Gasteiger partial charge in [-0.1, -0.05) is 18.2 Å². The average molecular weight is 524 g/mol. The number of anilines is 1. The van der Waals surface area contributed by atoms with Gasteiger partial charge in [-0.3, -0.25) is 4.79 Å². The van der Waals surface area contributed by atoms with Crippen molar-refractivity contribution in [2.75, 3.05) is 19.0 Å². The first-order chi connectivity index (χ1) is 16.1. The second-order valence-electron chi connectivity index (χ2n) is 7.45. The first-order valence-corrected chi connectivity index (χ1v) is 12.1. The van der Waals surface area contributed by atoms with Crippen LogP contribution in [0.3, 0.4) is 0 Å². The molecule has 0 aliphatic heterocycles. The summed E-state index contributed by atoms with van der Waals surface area (Å²) in [5.74, 6) is 0.825. The number of carbonyl (C=O) groups excluding carboxylic acids is 1. The molecule has 1 aliphatic carbocycles. The van der Waals surface area contributed by atoms with Crippen LogP contribution in [0.5, 0.6) is 11.5 Å². The van der Waals surface area contributed by atoms with Crippen LogP contribution in [-0.2, 0) is 12.8 Å². The number of nitriles is 1. The maximum Gasteiger partial charge on any atom is 0.259 e. The van der Waals surface area contributed by atoms with Crippen molar-refractivity contribution >= 4 is 50.1 Å². The molecule has 0 fully saturated rings. The number of fused-ring (bicyclic) bond motifs is 1. The van der Waals surface area contributed by atoms with Crippen molar-refractivity contribution in [1.29, 1.82) is 5.26 Å². The molecule has 0 unspecified atom stereocenters. The number of aryl methyl sites for hydroxylation is 1. The van der Waals surface area contributed by atoms with Crippen molar-refractivity contribution in [2.45, 2.75) is 25.7 Å². The second-order valence-corrected chi connectivity index (χ2v) is 9.39. The van der Waals surface area contributed by atoms with E-state index in [1.807, 2.05) is 42.5 Å². The third-order valence-electron chi connectivity index (χ3n) is 5.28. The highest BCUT2D eigenvalue weighted by Crippen LogP contribution is 2.41. The van der Waals surface area contributed by atoms with Crippen LogP contribution in [-0.4, -0.2) is 25.8 Å². The molecule has 1 heterocycles. The number of hydrogen-bond acceptors (Lipinski definition) is 6. The first-order valence-electron chi connectivity index (χ1n) is 10.5. The first kappa shape index (κ1) is 23.0. The van der Waals surface area contributed by atoms with E-state index in [-0.39, 0.29) is 12.5 Å². The second kappa shape index (κ2) is 10.6. The number of methoxy groups -OCH3 is 1. The van der Waals surface area contributed by atoms with Crippen LogP contribution >= 0.6 is 27.3 Å². The fourth-order valence-electron chi connectivity index (χ4n) is 3.78. The van der Waals surface area contributed by atoms with Crippen molar-refractivity contribution in [3.63, 3.8) is 0 Å². The van der Waals surface area contributed by atoms with Crippen LogP contribution in [0.2, 0.25) is 0 Å². The lowest BCUT2D eigenvalue weighted by Gasteiger charge is -2.13. The van der Waals surface area contributed by atoms with Gasteiger partial charge in [-0.2, -0.15) is 5.26 Å². The average Bonchev–Trinajstić information content (AvgIpc) is 3.21. The summed E-state index contributed by atoms with van der Waals surface area (Å²) in [7, 11) is 1.54. The fourth-order valence-corrected chi connectivity index (χ4v) is 5.59. The molecule has 1 N–H and O–H groups in total. The van der Waals surface area contributed by atoms with E-state index in [1.54, 1.807) is 30.7 Å². The molecule has 168 valence electrons. The van der Waals surface area contributed by atoms with E-state index in [0.29, 0.717) is 26.5 Å². The van der Waals surface area contributed by atoms with Gasteiger partial charge in [-0.25, -0.2) is 4.99 Å². The number of thiophene rings is 1. The fraction of sp³-hybridized carbons (Fsp3) is 0.240. The van der Waals surface area contributed by atoms with Crippen molar-refractivity contribution in [2.24, 2.45) is 4.99 Å². The molecule has 0 saturated carbocycles. The van der Waals surface area contributed by atoms with Crippen LogP contribution in [0.25, 0.3) is 0 Å². The van der Waals surface area contributed by atoms with E-state index < -0.39 is 0 Å². The zero-order valence-corrected chi connectivity index (χ0v) is 20.5. The van der Waals surface area contributed by atoms with Gasteiger partial charge in [0.2, 0.25) is 0 Å². The normalized spacial score (nSPS) is 12.8. The highest BCUT2D eigenvalue weighted by atomic mass is 79.9. The third kappa shape index (κ3) is 5.27. The van der Waals surface area contributed by atoms with Crippen molar-refractivity contribution in [1.82, 2.24) is 0 Å². The van der Waals surface area contributed by atoms with Crippen LogP contribution in [0.15, 0.2) is 51.9 Å². The summed E-state index contributed by atoms with van der Waals surface area (Å²) in [6.07, 6.45) is 5.80. The summed E-state index contributed by atoms with van der Waals surface area (Å²) in [5, 5.41) is 12.5. The molecule has 1 amide bonds. The van der Waals surface area contributed by atoms with Gasteiger partial charge in [-0.05, 0) is 77.0 Å². The molecule has 33 heavy (non-hydrogen) atoms. The number of halogens is 1. The Morgan fingerprint density at radius 3 is 2.82 bits per heavy atom. The van der Waals surface area contributed by atoms with Crippen LogP contribution in [0.4, 0.5) is 10.7 Å². The lowest BCUT2D eigenvalue weighted by molar-refractivity contribution is 0.102. The monoisotopic (exact) mass is 523 g/mol. The van der Waals surface area contributed by atoms with E-state index in [2.05, 4.69) is 21.2 Å². The zero-order valence-electron chi connectivity index (χ0n) is 18.1. The molecule has 0 spiro atoms. The lowest BCUT2D eigenvalue weighted by atomic mass is 9.95. The van der Waals surface area contributed by atoms with Gasteiger partial charge in [0.15, 0.2) is 18.1 Å². The van der Waals surface area contributed by atoms with Gasteiger partial charge < -0.3 is 14.8 Å². The highest BCUT2D eigenvalue weighted by Gasteiger charge is 2.25. The lowest BCUT2D eigenvalue weighted by Crippen LogP contribution is -2.14. The topological polar surface area (TPSA) is 83.7 Å². The SMILES string of the molecule is COc1cc(C=Nc2sc3c(c2C(=O)Nc2ccccc2)CCCC3)cc(Br)c1OCC#N. The Kier molecular flexibility index (Phi) is 7.43. The minimum atomic E-state index is -0.133. The molecule has 0 atom stereocenters. The van der Waals surface area contributed by atoms with Crippen molar-refractivity contribution in [3.8, 4) is 17.6 Å². The van der Waals surface area contributed by atoms with Crippen LogP contribution in [0.1, 0.15) is 39.2 Å². The maximum atomic E-state index is 13.2. The molecule has 6 nitrogen and oxygen atoms in total. The zero-order chi connectivity index (χ0) is 23.2. The quantitative estimate of drug-likeness (QED) is 0.368. The molecule has 0 saturated heterocycles. The van der Waals surface area contributed by atoms with E-state index in [1.165, 1.54) is 4.88 Å². The standard InChI is InChI=1S/C25H22BrN3O3S/c1-31-20-14-16(13-19(26)23(20)32-12-11-27)15-28-25-22(18-9-5-6-10-21(18)33-25)24(30)29-17-7-3-2-4-8-17/h2-4,7-8,13-15H,5-6,9-10,12H2,1H3,(H,29,30). The van der Waals surface area contributed by atoms with E-state index in [9.17, 15) is 4.79 Å². The largest absolute Gasteiger partial charge is 0.493 e. The number of hydrogen-bond donors (Lipinski definition) is 1. The molecule has 3 aromatic rings. The minimum absolute atomic E-state index is 0.0803. The summed E-state index contributed by atoms with van der Waals surface area (Å²) in [5.41, 5.74) is 3.32. The van der Waals surface area contributed by atoms with Gasteiger partial charge in [0.25, 0.3) is 5.91 Å². The highest BCUT2D eigenvalue weighted by molar-refractivity contribution is 9.10. The predicted molar refractivity (Wildman–Crippen MR) is 134 cm³/mol. The van der Waals surface area contributed by atoms with Gasteiger partial charge in [0, 0.05) is 16.8 Å². The molecular formula is C25H22BrN3O3S. The summed E-state index contributed by atoms with van der Waals surface area (Å²) >= 11 is 5.06.